The summed E-state index contributed by atoms with van der Waals surface area (Å²) in [5.74, 6) is -0.241. The number of hydrogen-bond acceptors (Lipinski definition) is 3. The summed E-state index contributed by atoms with van der Waals surface area (Å²) < 4.78 is 5.81. The Morgan fingerprint density at radius 2 is 2.09 bits per heavy atom. The predicted molar refractivity (Wildman–Crippen MR) is 85.1 cm³/mol. The molecule has 2 heterocycles. The lowest BCUT2D eigenvalue weighted by atomic mass is 10.0. The number of H-pyrrole nitrogens is 1. The first-order valence-corrected chi connectivity index (χ1v) is 7.45. The second-order valence-corrected chi connectivity index (χ2v) is 6.45. The summed E-state index contributed by atoms with van der Waals surface area (Å²) in [6.07, 6.45) is 1.47. The van der Waals surface area contributed by atoms with Crippen molar-refractivity contribution in [1.82, 2.24) is 9.88 Å². The number of amides is 1. The van der Waals surface area contributed by atoms with Crippen LogP contribution in [0.3, 0.4) is 0 Å². The fourth-order valence-corrected chi connectivity index (χ4v) is 3.11. The maximum atomic E-state index is 12.7. The SMILES string of the molecule is C[C@@H]1CN(C(=O)c2c[nH]c3ccccc3c2=O)CC(C)(C)O1. The number of rotatable bonds is 1. The van der Waals surface area contributed by atoms with Gasteiger partial charge in [0.05, 0.1) is 11.7 Å². The average molecular weight is 300 g/mol. The molecule has 1 N–H and O–H groups in total. The number of ether oxygens (including phenoxy) is 1. The Balaban J connectivity index is 1.99. The molecule has 0 bridgehead atoms. The van der Waals surface area contributed by atoms with Crippen molar-refractivity contribution in [2.45, 2.75) is 32.5 Å². The minimum Gasteiger partial charge on any atom is -0.369 e. The summed E-state index contributed by atoms with van der Waals surface area (Å²) in [7, 11) is 0. The largest absolute Gasteiger partial charge is 0.369 e. The van der Waals surface area contributed by atoms with Crippen molar-refractivity contribution in [3.8, 4) is 0 Å². The van der Waals surface area contributed by atoms with Crippen LogP contribution in [0.5, 0.6) is 0 Å². The van der Waals surface area contributed by atoms with Gasteiger partial charge in [0.25, 0.3) is 5.91 Å². The molecule has 0 saturated carbocycles. The average Bonchev–Trinajstić information content (AvgIpc) is 2.45. The van der Waals surface area contributed by atoms with E-state index in [1.54, 1.807) is 17.0 Å². The number of nitrogens with one attached hydrogen (secondary N) is 1. The standard InChI is InChI=1S/C17H20N2O3/c1-11-9-19(10-17(2,3)22-11)16(21)13-8-18-14-7-5-4-6-12(14)15(13)20/h4-8,11H,9-10H2,1-3H3,(H,18,20)/t11-/m1/s1. The van der Waals surface area contributed by atoms with Gasteiger partial charge < -0.3 is 14.6 Å². The summed E-state index contributed by atoms with van der Waals surface area (Å²) >= 11 is 0. The van der Waals surface area contributed by atoms with Crippen molar-refractivity contribution in [1.29, 1.82) is 0 Å². The van der Waals surface area contributed by atoms with Crippen LogP contribution in [0.2, 0.25) is 0 Å². The Morgan fingerprint density at radius 1 is 1.36 bits per heavy atom. The summed E-state index contributed by atoms with van der Waals surface area (Å²) in [6, 6.07) is 7.21. The lowest BCUT2D eigenvalue weighted by Crippen LogP contribution is -2.54. The predicted octanol–water partition coefficient (Wildman–Crippen LogP) is 2.17. The molecule has 0 aliphatic carbocycles. The first-order valence-electron chi connectivity index (χ1n) is 7.45. The van der Waals surface area contributed by atoms with Gasteiger partial charge >= 0.3 is 0 Å². The van der Waals surface area contributed by atoms with Crippen molar-refractivity contribution in [2.75, 3.05) is 13.1 Å². The molecule has 0 unspecified atom stereocenters. The summed E-state index contributed by atoms with van der Waals surface area (Å²) in [5.41, 5.74) is 0.288. The molecule has 116 valence electrons. The molecule has 2 aromatic rings. The Hall–Kier alpha value is -2.14. The van der Waals surface area contributed by atoms with Crippen molar-refractivity contribution in [2.24, 2.45) is 0 Å². The molecule has 3 rings (SSSR count). The van der Waals surface area contributed by atoms with E-state index in [0.717, 1.165) is 5.52 Å². The Labute approximate surface area is 128 Å². The lowest BCUT2D eigenvalue weighted by Gasteiger charge is -2.41. The zero-order valence-electron chi connectivity index (χ0n) is 13.1. The number of fused-ring (bicyclic) bond motifs is 1. The fraction of sp³-hybridized carbons (Fsp3) is 0.412. The zero-order valence-corrected chi connectivity index (χ0v) is 13.1. The fourth-order valence-electron chi connectivity index (χ4n) is 3.11. The molecule has 1 amide bonds. The normalized spacial score (nSPS) is 21.0. The first kappa shape index (κ1) is 14.8. The number of aromatic amines is 1. The van der Waals surface area contributed by atoms with Gasteiger partial charge in [-0.05, 0) is 32.9 Å². The van der Waals surface area contributed by atoms with Gasteiger partial charge in [-0.3, -0.25) is 9.59 Å². The van der Waals surface area contributed by atoms with Gasteiger partial charge in [0.1, 0.15) is 5.56 Å². The van der Waals surface area contributed by atoms with Gasteiger partial charge in [0.2, 0.25) is 5.43 Å². The third-order valence-corrected chi connectivity index (χ3v) is 3.88. The zero-order chi connectivity index (χ0) is 15.9. The van der Waals surface area contributed by atoms with Crippen LogP contribution in [0, 0.1) is 0 Å². The van der Waals surface area contributed by atoms with Crippen LogP contribution in [0.15, 0.2) is 35.3 Å². The van der Waals surface area contributed by atoms with Gasteiger partial charge in [-0.1, -0.05) is 12.1 Å². The van der Waals surface area contributed by atoms with E-state index in [1.165, 1.54) is 6.20 Å². The Bertz CT molecular complexity index is 779. The molecule has 0 spiro atoms. The van der Waals surface area contributed by atoms with Crippen LogP contribution in [0.25, 0.3) is 10.9 Å². The van der Waals surface area contributed by atoms with E-state index in [2.05, 4.69) is 4.98 Å². The second kappa shape index (κ2) is 5.25. The number of carbonyl (C=O) groups excluding carboxylic acids is 1. The maximum Gasteiger partial charge on any atom is 0.259 e. The minimum absolute atomic E-state index is 0.0489. The molecule has 1 aliphatic rings. The first-order chi connectivity index (χ1) is 10.4. The Kier molecular flexibility index (Phi) is 3.53. The van der Waals surface area contributed by atoms with Gasteiger partial charge in [0.15, 0.2) is 0 Å². The molecular formula is C17H20N2O3. The quantitative estimate of drug-likeness (QED) is 0.878. The van der Waals surface area contributed by atoms with E-state index >= 15 is 0 Å². The van der Waals surface area contributed by atoms with Gasteiger partial charge in [0, 0.05) is 30.2 Å². The maximum absolute atomic E-state index is 12.7. The highest BCUT2D eigenvalue weighted by molar-refractivity contribution is 5.97. The van der Waals surface area contributed by atoms with E-state index in [4.69, 9.17) is 4.74 Å². The number of hydrogen-bond donors (Lipinski definition) is 1. The lowest BCUT2D eigenvalue weighted by molar-refractivity contribution is -0.118. The molecule has 1 aromatic carbocycles. The summed E-state index contributed by atoms with van der Waals surface area (Å²) in [6.45, 7) is 6.81. The third kappa shape index (κ3) is 2.64. The highest BCUT2D eigenvalue weighted by atomic mass is 16.5. The molecule has 5 nitrogen and oxygen atoms in total. The van der Waals surface area contributed by atoms with E-state index in [-0.39, 0.29) is 23.0 Å². The highest BCUT2D eigenvalue weighted by Crippen LogP contribution is 2.22. The smallest absolute Gasteiger partial charge is 0.259 e. The molecule has 1 aromatic heterocycles. The topological polar surface area (TPSA) is 62.4 Å². The van der Waals surface area contributed by atoms with Crippen LogP contribution in [-0.2, 0) is 4.74 Å². The van der Waals surface area contributed by atoms with Gasteiger partial charge in [-0.25, -0.2) is 0 Å². The molecule has 1 fully saturated rings. The molecule has 5 heteroatoms. The van der Waals surface area contributed by atoms with Gasteiger partial charge in [-0.15, -0.1) is 0 Å². The second-order valence-electron chi connectivity index (χ2n) is 6.45. The number of pyridine rings is 1. The molecule has 1 saturated heterocycles. The van der Waals surface area contributed by atoms with Crippen LogP contribution >= 0.6 is 0 Å². The van der Waals surface area contributed by atoms with Crippen LogP contribution < -0.4 is 5.43 Å². The van der Waals surface area contributed by atoms with Crippen molar-refractivity contribution < 1.29 is 9.53 Å². The Morgan fingerprint density at radius 3 is 2.82 bits per heavy atom. The van der Waals surface area contributed by atoms with Crippen molar-refractivity contribution in [3.05, 3.63) is 46.2 Å². The van der Waals surface area contributed by atoms with Gasteiger partial charge in [-0.2, -0.15) is 0 Å². The van der Waals surface area contributed by atoms with E-state index in [1.807, 2.05) is 32.9 Å². The number of para-hydroxylation sites is 1. The monoisotopic (exact) mass is 300 g/mol. The van der Waals surface area contributed by atoms with Crippen molar-refractivity contribution in [3.63, 3.8) is 0 Å². The van der Waals surface area contributed by atoms with E-state index < -0.39 is 5.60 Å². The minimum atomic E-state index is -0.406. The summed E-state index contributed by atoms with van der Waals surface area (Å²) in [5, 5.41) is 0.536. The number of carbonyl (C=O) groups is 1. The third-order valence-electron chi connectivity index (χ3n) is 3.88. The van der Waals surface area contributed by atoms with E-state index in [9.17, 15) is 9.59 Å². The molecular weight excluding hydrogens is 280 g/mol. The number of aromatic nitrogens is 1. The van der Waals surface area contributed by atoms with Crippen LogP contribution in [0.4, 0.5) is 0 Å². The number of nitrogens with zero attached hydrogens (tertiary/aromatic N) is 1. The summed E-state index contributed by atoms with van der Waals surface area (Å²) in [4.78, 5) is 30.0. The van der Waals surface area contributed by atoms with Crippen LogP contribution in [-0.4, -0.2) is 40.6 Å². The number of morpholine rings is 1. The molecule has 22 heavy (non-hydrogen) atoms. The van der Waals surface area contributed by atoms with Crippen LogP contribution in [0.1, 0.15) is 31.1 Å². The highest BCUT2D eigenvalue weighted by Gasteiger charge is 2.34. The molecule has 0 radical (unpaired) electrons. The van der Waals surface area contributed by atoms with E-state index in [0.29, 0.717) is 18.5 Å². The van der Waals surface area contributed by atoms with Crippen molar-refractivity contribution >= 4 is 16.8 Å². The molecule has 1 aliphatic heterocycles. The number of benzene rings is 1. The molecule has 1 atom stereocenters.